The SMILES string of the molecule is CN(CC1CCCCO1)C(=O)C(C#N)Cc1ccccc1. The maximum atomic E-state index is 12.4. The number of amides is 1. The highest BCUT2D eigenvalue weighted by Gasteiger charge is 2.25. The lowest BCUT2D eigenvalue weighted by atomic mass is 9.99. The summed E-state index contributed by atoms with van der Waals surface area (Å²) < 4.78 is 5.65. The van der Waals surface area contributed by atoms with Crippen molar-refractivity contribution in [3.05, 3.63) is 35.9 Å². The quantitative estimate of drug-likeness (QED) is 0.835. The monoisotopic (exact) mass is 286 g/mol. The van der Waals surface area contributed by atoms with E-state index in [9.17, 15) is 10.1 Å². The number of ether oxygens (including phenoxy) is 1. The molecule has 2 unspecified atom stereocenters. The van der Waals surface area contributed by atoms with Gasteiger partial charge in [-0.3, -0.25) is 4.79 Å². The predicted molar refractivity (Wildman–Crippen MR) is 80.5 cm³/mol. The molecule has 2 atom stereocenters. The molecule has 1 aliphatic rings. The number of nitrogens with zero attached hydrogens (tertiary/aromatic N) is 2. The second-order valence-corrected chi connectivity index (χ2v) is 5.58. The predicted octanol–water partition coefficient (Wildman–Crippen LogP) is 2.40. The number of likely N-dealkylation sites (N-methyl/N-ethyl adjacent to an activating group) is 1. The summed E-state index contributed by atoms with van der Waals surface area (Å²) in [5, 5.41) is 9.28. The van der Waals surface area contributed by atoms with Gasteiger partial charge in [-0.2, -0.15) is 5.26 Å². The largest absolute Gasteiger partial charge is 0.376 e. The number of nitriles is 1. The van der Waals surface area contributed by atoms with Crippen LogP contribution in [-0.4, -0.2) is 37.1 Å². The van der Waals surface area contributed by atoms with E-state index in [1.165, 1.54) is 0 Å². The third-order valence-corrected chi connectivity index (χ3v) is 3.86. The standard InChI is InChI=1S/C17H22N2O2/c1-19(13-16-9-5-6-10-21-16)17(20)15(12-18)11-14-7-3-2-4-8-14/h2-4,7-8,15-16H,5-6,9-11,13H2,1H3. The molecular weight excluding hydrogens is 264 g/mol. The van der Waals surface area contributed by atoms with Gasteiger partial charge in [-0.05, 0) is 31.2 Å². The van der Waals surface area contributed by atoms with Crippen LogP contribution in [0.4, 0.5) is 0 Å². The van der Waals surface area contributed by atoms with Gasteiger partial charge in [0, 0.05) is 20.2 Å². The number of rotatable bonds is 5. The van der Waals surface area contributed by atoms with E-state index in [-0.39, 0.29) is 12.0 Å². The van der Waals surface area contributed by atoms with Gasteiger partial charge >= 0.3 is 0 Å². The maximum Gasteiger partial charge on any atom is 0.240 e. The first-order valence-corrected chi connectivity index (χ1v) is 7.51. The lowest BCUT2D eigenvalue weighted by molar-refractivity contribution is -0.134. The zero-order valence-electron chi connectivity index (χ0n) is 12.5. The Kier molecular flexibility index (Phi) is 5.77. The smallest absolute Gasteiger partial charge is 0.240 e. The van der Waals surface area contributed by atoms with Crippen LogP contribution in [0.1, 0.15) is 24.8 Å². The van der Waals surface area contributed by atoms with E-state index in [0.29, 0.717) is 13.0 Å². The van der Waals surface area contributed by atoms with Gasteiger partial charge in [0.05, 0.1) is 12.2 Å². The average molecular weight is 286 g/mol. The topological polar surface area (TPSA) is 53.3 Å². The fraction of sp³-hybridized carbons (Fsp3) is 0.529. The lowest BCUT2D eigenvalue weighted by Gasteiger charge is -2.28. The van der Waals surface area contributed by atoms with Gasteiger partial charge in [0.15, 0.2) is 0 Å². The highest BCUT2D eigenvalue weighted by atomic mass is 16.5. The highest BCUT2D eigenvalue weighted by molar-refractivity contribution is 5.81. The van der Waals surface area contributed by atoms with Gasteiger partial charge in [0.2, 0.25) is 5.91 Å². The first-order valence-electron chi connectivity index (χ1n) is 7.51. The van der Waals surface area contributed by atoms with Gasteiger partial charge in [-0.1, -0.05) is 30.3 Å². The van der Waals surface area contributed by atoms with Crippen molar-refractivity contribution in [2.75, 3.05) is 20.2 Å². The molecule has 1 heterocycles. The number of benzene rings is 1. The van der Waals surface area contributed by atoms with Crippen molar-refractivity contribution in [2.24, 2.45) is 5.92 Å². The van der Waals surface area contributed by atoms with Crippen molar-refractivity contribution in [2.45, 2.75) is 31.8 Å². The number of hydrogen-bond acceptors (Lipinski definition) is 3. The third-order valence-electron chi connectivity index (χ3n) is 3.86. The molecule has 21 heavy (non-hydrogen) atoms. The third kappa shape index (κ3) is 4.57. The molecule has 1 amide bonds. The van der Waals surface area contributed by atoms with Crippen LogP contribution in [0.2, 0.25) is 0 Å². The summed E-state index contributed by atoms with van der Waals surface area (Å²) in [7, 11) is 1.76. The minimum atomic E-state index is -0.624. The van der Waals surface area contributed by atoms with Gasteiger partial charge in [-0.15, -0.1) is 0 Å². The van der Waals surface area contributed by atoms with Gasteiger partial charge in [0.25, 0.3) is 0 Å². The average Bonchev–Trinajstić information content (AvgIpc) is 2.54. The molecule has 0 spiro atoms. The molecule has 0 bridgehead atoms. The van der Waals surface area contributed by atoms with Crippen LogP contribution in [0.5, 0.6) is 0 Å². The van der Waals surface area contributed by atoms with Crippen molar-refractivity contribution in [3.8, 4) is 6.07 Å². The molecule has 1 saturated heterocycles. The van der Waals surface area contributed by atoms with Crippen LogP contribution in [0.15, 0.2) is 30.3 Å². The minimum absolute atomic E-state index is 0.115. The first kappa shape index (κ1) is 15.5. The molecule has 0 aliphatic carbocycles. The van der Waals surface area contributed by atoms with Gasteiger partial charge in [0.1, 0.15) is 5.92 Å². The highest BCUT2D eigenvalue weighted by Crippen LogP contribution is 2.16. The Bertz CT molecular complexity index is 489. The summed E-state index contributed by atoms with van der Waals surface area (Å²) >= 11 is 0. The van der Waals surface area contributed by atoms with Crippen molar-refractivity contribution in [1.82, 2.24) is 4.90 Å². The van der Waals surface area contributed by atoms with Crippen LogP contribution < -0.4 is 0 Å². The Hall–Kier alpha value is -1.86. The van der Waals surface area contributed by atoms with E-state index in [0.717, 1.165) is 31.4 Å². The van der Waals surface area contributed by atoms with Crippen LogP contribution >= 0.6 is 0 Å². The Labute approximate surface area is 126 Å². The Morgan fingerprint density at radius 3 is 2.81 bits per heavy atom. The molecule has 4 heteroatoms. The molecule has 0 aromatic heterocycles. The van der Waals surface area contributed by atoms with Crippen molar-refractivity contribution >= 4 is 5.91 Å². The van der Waals surface area contributed by atoms with Crippen LogP contribution in [-0.2, 0) is 16.0 Å². The molecular formula is C17H22N2O2. The Balaban J connectivity index is 1.91. The van der Waals surface area contributed by atoms with Crippen LogP contribution in [0, 0.1) is 17.2 Å². The van der Waals surface area contributed by atoms with Gasteiger partial charge in [-0.25, -0.2) is 0 Å². The van der Waals surface area contributed by atoms with E-state index in [2.05, 4.69) is 6.07 Å². The summed E-state index contributed by atoms with van der Waals surface area (Å²) in [5.74, 6) is -0.739. The first-order chi connectivity index (χ1) is 10.2. The summed E-state index contributed by atoms with van der Waals surface area (Å²) in [5.41, 5.74) is 1.01. The Morgan fingerprint density at radius 1 is 1.43 bits per heavy atom. The van der Waals surface area contributed by atoms with Crippen LogP contribution in [0.25, 0.3) is 0 Å². The van der Waals surface area contributed by atoms with Gasteiger partial charge < -0.3 is 9.64 Å². The number of carbonyl (C=O) groups excluding carboxylic acids is 1. The molecule has 0 radical (unpaired) electrons. The molecule has 0 saturated carbocycles. The van der Waals surface area contributed by atoms with E-state index >= 15 is 0 Å². The molecule has 1 aromatic carbocycles. The van der Waals surface area contributed by atoms with Crippen LogP contribution in [0.3, 0.4) is 0 Å². The minimum Gasteiger partial charge on any atom is -0.376 e. The molecule has 1 fully saturated rings. The molecule has 0 N–H and O–H groups in total. The Morgan fingerprint density at radius 2 is 2.19 bits per heavy atom. The zero-order valence-corrected chi connectivity index (χ0v) is 12.5. The van der Waals surface area contributed by atoms with E-state index in [4.69, 9.17) is 4.74 Å². The van der Waals surface area contributed by atoms with E-state index < -0.39 is 5.92 Å². The molecule has 2 rings (SSSR count). The number of carbonyl (C=O) groups is 1. The van der Waals surface area contributed by atoms with E-state index in [1.54, 1.807) is 11.9 Å². The second-order valence-electron chi connectivity index (χ2n) is 5.58. The molecule has 1 aliphatic heterocycles. The van der Waals surface area contributed by atoms with Crippen molar-refractivity contribution < 1.29 is 9.53 Å². The molecule has 1 aromatic rings. The molecule has 112 valence electrons. The maximum absolute atomic E-state index is 12.4. The van der Waals surface area contributed by atoms with E-state index in [1.807, 2.05) is 30.3 Å². The van der Waals surface area contributed by atoms with Crippen molar-refractivity contribution in [3.63, 3.8) is 0 Å². The fourth-order valence-electron chi connectivity index (χ4n) is 2.65. The van der Waals surface area contributed by atoms with Crippen molar-refractivity contribution in [1.29, 1.82) is 5.26 Å². The summed E-state index contributed by atoms with van der Waals surface area (Å²) in [6.07, 6.45) is 3.82. The summed E-state index contributed by atoms with van der Waals surface area (Å²) in [6.45, 7) is 1.35. The fourth-order valence-corrected chi connectivity index (χ4v) is 2.65. The number of hydrogen-bond donors (Lipinski definition) is 0. The normalized spacial score (nSPS) is 19.5. The second kappa shape index (κ2) is 7.80. The molecule has 4 nitrogen and oxygen atoms in total. The summed E-state index contributed by atoms with van der Waals surface area (Å²) in [6, 6.07) is 11.8. The zero-order chi connectivity index (χ0) is 15.1. The lowest BCUT2D eigenvalue weighted by Crippen LogP contribution is -2.40. The summed E-state index contributed by atoms with van der Waals surface area (Å²) in [4.78, 5) is 14.0.